The Hall–Kier alpha value is -1.88. The third kappa shape index (κ3) is 3.17. The maximum atomic E-state index is 12.1. The number of anilines is 1. The molecule has 0 bridgehead atoms. The number of carboxylic acids is 1. The minimum absolute atomic E-state index is 0.0755. The Bertz CT molecular complexity index is 513. The van der Waals surface area contributed by atoms with Crippen LogP contribution >= 0.6 is 0 Å². The summed E-state index contributed by atoms with van der Waals surface area (Å²) in [6, 6.07) is 4.93. The van der Waals surface area contributed by atoms with Crippen molar-refractivity contribution in [1.82, 2.24) is 0 Å². The molecular weight excluding hydrogens is 258 g/mol. The largest absolute Gasteiger partial charge is 0.478 e. The van der Waals surface area contributed by atoms with Crippen LogP contribution in [0.3, 0.4) is 0 Å². The van der Waals surface area contributed by atoms with Crippen LogP contribution in [0.15, 0.2) is 18.2 Å². The van der Waals surface area contributed by atoms with E-state index in [1.807, 2.05) is 6.92 Å². The monoisotopic (exact) mass is 277 g/mol. The summed E-state index contributed by atoms with van der Waals surface area (Å²) >= 11 is 0. The number of hydrogen-bond donors (Lipinski definition) is 1. The summed E-state index contributed by atoms with van der Waals surface area (Å²) in [6.45, 7) is 3.82. The van der Waals surface area contributed by atoms with Crippen molar-refractivity contribution in [1.29, 1.82) is 0 Å². The Balaban J connectivity index is 2.00. The molecule has 1 aromatic carbocycles. The molecule has 0 aromatic heterocycles. The number of carbonyl (C=O) groups excluding carboxylic acids is 1. The van der Waals surface area contributed by atoms with Crippen LogP contribution in [-0.2, 0) is 16.0 Å². The maximum Gasteiger partial charge on any atom is 0.335 e. The molecule has 0 radical (unpaired) electrons. The molecule has 0 atom stereocenters. The molecule has 0 aliphatic carbocycles. The summed E-state index contributed by atoms with van der Waals surface area (Å²) in [4.78, 5) is 24.8. The maximum absolute atomic E-state index is 12.1. The standard InChI is InChI=1S/C15H19NO4/c1-2-20-9-3-4-14(17)16-8-7-11-10-12(15(18)19)5-6-13(11)16/h5-6,10H,2-4,7-9H2,1H3,(H,18,19). The summed E-state index contributed by atoms with van der Waals surface area (Å²) in [6.07, 6.45) is 1.89. The van der Waals surface area contributed by atoms with Crippen molar-refractivity contribution >= 4 is 17.6 Å². The molecule has 0 spiro atoms. The highest BCUT2D eigenvalue weighted by molar-refractivity contribution is 5.96. The van der Waals surface area contributed by atoms with Gasteiger partial charge in [-0.05, 0) is 43.5 Å². The van der Waals surface area contributed by atoms with Gasteiger partial charge in [0.15, 0.2) is 0 Å². The van der Waals surface area contributed by atoms with Crippen LogP contribution in [0.4, 0.5) is 5.69 Å². The van der Waals surface area contributed by atoms with Crippen LogP contribution in [0.1, 0.15) is 35.7 Å². The molecule has 0 fully saturated rings. The lowest BCUT2D eigenvalue weighted by atomic mass is 10.1. The van der Waals surface area contributed by atoms with Crippen molar-refractivity contribution in [3.05, 3.63) is 29.3 Å². The number of hydrogen-bond acceptors (Lipinski definition) is 3. The highest BCUT2D eigenvalue weighted by atomic mass is 16.5. The molecule has 108 valence electrons. The number of fused-ring (bicyclic) bond motifs is 1. The molecule has 5 heteroatoms. The van der Waals surface area contributed by atoms with Gasteiger partial charge in [0.05, 0.1) is 5.56 Å². The van der Waals surface area contributed by atoms with E-state index in [1.165, 1.54) is 0 Å². The number of benzene rings is 1. The summed E-state index contributed by atoms with van der Waals surface area (Å²) < 4.78 is 5.22. The summed E-state index contributed by atoms with van der Waals surface area (Å²) in [5.74, 6) is -0.860. The topological polar surface area (TPSA) is 66.8 Å². The Morgan fingerprint density at radius 3 is 2.90 bits per heavy atom. The molecule has 0 saturated carbocycles. The normalized spacial score (nSPS) is 13.3. The molecule has 1 aliphatic heterocycles. The van der Waals surface area contributed by atoms with Gasteiger partial charge in [-0.15, -0.1) is 0 Å². The van der Waals surface area contributed by atoms with Gasteiger partial charge in [-0.3, -0.25) is 4.79 Å². The molecule has 1 N–H and O–H groups in total. The van der Waals surface area contributed by atoms with Crippen LogP contribution in [0.5, 0.6) is 0 Å². The number of amides is 1. The van der Waals surface area contributed by atoms with E-state index in [-0.39, 0.29) is 11.5 Å². The number of nitrogens with zero attached hydrogens (tertiary/aromatic N) is 1. The van der Waals surface area contributed by atoms with Crippen LogP contribution in [0.2, 0.25) is 0 Å². The van der Waals surface area contributed by atoms with Crippen molar-refractivity contribution in [3.63, 3.8) is 0 Å². The summed E-state index contributed by atoms with van der Waals surface area (Å²) in [5, 5.41) is 8.96. The molecule has 0 unspecified atom stereocenters. The molecule has 1 aliphatic rings. The minimum atomic E-state index is -0.936. The van der Waals surface area contributed by atoms with Gasteiger partial charge < -0.3 is 14.7 Å². The van der Waals surface area contributed by atoms with Crippen LogP contribution in [0, 0.1) is 0 Å². The first-order valence-corrected chi connectivity index (χ1v) is 6.87. The van der Waals surface area contributed by atoms with Crippen molar-refractivity contribution in [2.75, 3.05) is 24.7 Å². The van der Waals surface area contributed by atoms with Gasteiger partial charge >= 0.3 is 5.97 Å². The zero-order chi connectivity index (χ0) is 14.5. The lowest BCUT2D eigenvalue weighted by Gasteiger charge is -2.17. The second-order valence-corrected chi connectivity index (χ2v) is 4.74. The quantitative estimate of drug-likeness (QED) is 0.808. The molecular formula is C15H19NO4. The zero-order valence-electron chi connectivity index (χ0n) is 11.6. The van der Waals surface area contributed by atoms with Crippen LogP contribution in [0.25, 0.3) is 0 Å². The molecule has 1 aromatic rings. The van der Waals surface area contributed by atoms with Crippen molar-refractivity contribution < 1.29 is 19.4 Å². The van der Waals surface area contributed by atoms with Gasteiger partial charge in [0.25, 0.3) is 0 Å². The number of carbonyl (C=O) groups is 2. The number of ether oxygens (including phenoxy) is 1. The summed E-state index contributed by atoms with van der Waals surface area (Å²) in [7, 11) is 0. The minimum Gasteiger partial charge on any atom is -0.478 e. The van der Waals surface area contributed by atoms with E-state index in [4.69, 9.17) is 9.84 Å². The Morgan fingerprint density at radius 2 is 2.20 bits per heavy atom. The van der Waals surface area contributed by atoms with E-state index in [0.29, 0.717) is 39.0 Å². The fourth-order valence-corrected chi connectivity index (χ4v) is 2.40. The van der Waals surface area contributed by atoms with Gasteiger partial charge in [0.2, 0.25) is 5.91 Å². The molecule has 2 rings (SSSR count). The van der Waals surface area contributed by atoms with E-state index in [9.17, 15) is 9.59 Å². The zero-order valence-corrected chi connectivity index (χ0v) is 11.6. The van der Waals surface area contributed by atoms with Gasteiger partial charge in [-0.2, -0.15) is 0 Å². The average molecular weight is 277 g/mol. The Labute approximate surface area is 118 Å². The first-order chi connectivity index (χ1) is 9.63. The first-order valence-electron chi connectivity index (χ1n) is 6.87. The lowest BCUT2D eigenvalue weighted by molar-refractivity contribution is -0.118. The van der Waals surface area contributed by atoms with Crippen LogP contribution < -0.4 is 4.90 Å². The number of rotatable bonds is 6. The van der Waals surface area contributed by atoms with E-state index < -0.39 is 5.97 Å². The fraction of sp³-hybridized carbons (Fsp3) is 0.467. The van der Waals surface area contributed by atoms with Crippen molar-refractivity contribution in [2.24, 2.45) is 0 Å². The number of carboxylic acid groups (broad SMARTS) is 1. The van der Waals surface area contributed by atoms with Gasteiger partial charge in [0.1, 0.15) is 0 Å². The number of aromatic carboxylic acids is 1. The third-order valence-electron chi connectivity index (χ3n) is 3.41. The molecule has 1 heterocycles. The van der Waals surface area contributed by atoms with E-state index in [1.54, 1.807) is 23.1 Å². The molecule has 0 saturated heterocycles. The smallest absolute Gasteiger partial charge is 0.335 e. The molecule has 20 heavy (non-hydrogen) atoms. The van der Waals surface area contributed by atoms with E-state index in [2.05, 4.69) is 0 Å². The van der Waals surface area contributed by atoms with E-state index in [0.717, 1.165) is 11.3 Å². The SMILES string of the molecule is CCOCCCC(=O)N1CCc2cc(C(=O)O)ccc21. The highest BCUT2D eigenvalue weighted by Gasteiger charge is 2.24. The van der Waals surface area contributed by atoms with Gasteiger partial charge in [-0.25, -0.2) is 4.79 Å². The fourth-order valence-electron chi connectivity index (χ4n) is 2.40. The second kappa shape index (κ2) is 6.52. The third-order valence-corrected chi connectivity index (χ3v) is 3.41. The molecule has 5 nitrogen and oxygen atoms in total. The van der Waals surface area contributed by atoms with Crippen LogP contribution in [-0.4, -0.2) is 36.7 Å². The van der Waals surface area contributed by atoms with Gasteiger partial charge in [-0.1, -0.05) is 0 Å². The Morgan fingerprint density at radius 1 is 1.40 bits per heavy atom. The summed E-state index contributed by atoms with van der Waals surface area (Å²) in [5.41, 5.74) is 2.05. The Kier molecular flexibility index (Phi) is 4.74. The van der Waals surface area contributed by atoms with Crippen molar-refractivity contribution in [2.45, 2.75) is 26.2 Å². The molecule has 1 amide bonds. The predicted octanol–water partition coefficient (Wildman–Crippen LogP) is 2.09. The predicted molar refractivity (Wildman–Crippen MR) is 75.2 cm³/mol. The average Bonchev–Trinajstić information content (AvgIpc) is 2.86. The second-order valence-electron chi connectivity index (χ2n) is 4.74. The van der Waals surface area contributed by atoms with Crippen molar-refractivity contribution in [3.8, 4) is 0 Å². The highest BCUT2D eigenvalue weighted by Crippen LogP contribution is 2.29. The van der Waals surface area contributed by atoms with Gasteiger partial charge in [0, 0.05) is 31.9 Å². The first kappa shape index (κ1) is 14.5. The van der Waals surface area contributed by atoms with E-state index >= 15 is 0 Å². The lowest BCUT2D eigenvalue weighted by Crippen LogP contribution is -2.28.